The van der Waals surface area contributed by atoms with Crippen molar-refractivity contribution >= 4 is 5.91 Å². The molecular weight excluding hydrogens is 392 g/mol. The van der Waals surface area contributed by atoms with Gasteiger partial charge < -0.3 is 19.6 Å². The maximum atomic E-state index is 13.2. The van der Waals surface area contributed by atoms with Crippen molar-refractivity contribution in [3.63, 3.8) is 0 Å². The summed E-state index contributed by atoms with van der Waals surface area (Å²) in [6, 6.07) is 15.0. The van der Waals surface area contributed by atoms with Crippen molar-refractivity contribution in [2.24, 2.45) is 0 Å². The van der Waals surface area contributed by atoms with E-state index >= 15 is 0 Å². The number of ether oxygens (including phenoxy) is 1. The number of aromatic nitrogens is 2. The molecule has 2 heterocycles. The zero-order valence-electron chi connectivity index (χ0n) is 18.2. The highest BCUT2D eigenvalue weighted by molar-refractivity contribution is 5.94. The van der Waals surface area contributed by atoms with E-state index in [2.05, 4.69) is 5.10 Å². The number of likely N-dealkylation sites (N-methyl/N-ethyl adjacent to an activating group) is 1. The molecule has 0 saturated heterocycles. The van der Waals surface area contributed by atoms with Crippen LogP contribution in [0.1, 0.15) is 28.4 Å². The molecule has 7 nitrogen and oxygen atoms in total. The minimum Gasteiger partial charge on any atom is -0.491 e. The fourth-order valence-corrected chi connectivity index (χ4v) is 3.97. The van der Waals surface area contributed by atoms with Crippen LogP contribution in [0.15, 0.2) is 60.9 Å². The topological polar surface area (TPSA) is 70.8 Å². The summed E-state index contributed by atoms with van der Waals surface area (Å²) in [5, 5.41) is 15.1. The Morgan fingerprint density at radius 3 is 2.68 bits per heavy atom. The number of amides is 1. The molecule has 0 radical (unpaired) electrons. The van der Waals surface area contributed by atoms with Gasteiger partial charge in [0, 0.05) is 36.6 Å². The highest BCUT2D eigenvalue weighted by Crippen LogP contribution is 2.30. The van der Waals surface area contributed by atoms with Crippen LogP contribution >= 0.6 is 0 Å². The van der Waals surface area contributed by atoms with E-state index in [0.29, 0.717) is 31.8 Å². The van der Waals surface area contributed by atoms with Crippen LogP contribution in [0.2, 0.25) is 0 Å². The Hall–Kier alpha value is -3.16. The fourth-order valence-electron chi connectivity index (χ4n) is 3.97. The largest absolute Gasteiger partial charge is 0.491 e. The Kier molecular flexibility index (Phi) is 5.80. The lowest BCUT2D eigenvalue weighted by Gasteiger charge is -2.28. The van der Waals surface area contributed by atoms with Crippen LogP contribution in [0.25, 0.3) is 5.69 Å². The Bertz CT molecular complexity index is 1040. The number of benzene rings is 2. The number of carbonyl (C=O) groups is 1. The molecule has 0 fully saturated rings. The van der Waals surface area contributed by atoms with Gasteiger partial charge in [0.2, 0.25) is 0 Å². The van der Waals surface area contributed by atoms with Crippen molar-refractivity contribution in [3.05, 3.63) is 77.6 Å². The molecule has 162 valence electrons. The van der Waals surface area contributed by atoms with Crippen LogP contribution in [0.5, 0.6) is 5.75 Å². The van der Waals surface area contributed by atoms with Crippen LogP contribution < -0.4 is 4.74 Å². The highest BCUT2D eigenvalue weighted by Gasteiger charge is 2.27. The van der Waals surface area contributed by atoms with Gasteiger partial charge in [-0.2, -0.15) is 5.10 Å². The predicted molar refractivity (Wildman–Crippen MR) is 118 cm³/mol. The molecule has 0 saturated carbocycles. The molecule has 1 aliphatic heterocycles. The molecule has 1 aromatic heterocycles. The number of nitrogens with zero attached hydrogens (tertiary/aromatic N) is 4. The molecular formula is C24H28N4O3. The molecule has 1 unspecified atom stereocenters. The number of fused-ring (bicyclic) bond motifs is 1. The van der Waals surface area contributed by atoms with Crippen LogP contribution in [0, 0.1) is 0 Å². The highest BCUT2D eigenvalue weighted by atomic mass is 16.5. The first-order valence-electron chi connectivity index (χ1n) is 10.4. The van der Waals surface area contributed by atoms with E-state index in [1.807, 2.05) is 73.7 Å². The SMILES string of the molecule is CN(C)CC(C)(O)c1ccc2c(c1)CN(C(=O)c1ccc(-n3cccn3)cc1)CCO2. The fraction of sp³-hybridized carbons (Fsp3) is 0.333. The summed E-state index contributed by atoms with van der Waals surface area (Å²) in [6.45, 7) is 3.66. The van der Waals surface area contributed by atoms with E-state index in [4.69, 9.17) is 4.74 Å². The zero-order valence-corrected chi connectivity index (χ0v) is 18.2. The number of hydrogen-bond acceptors (Lipinski definition) is 5. The molecule has 1 atom stereocenters. The second-order valence-electron chi connectivity index (χ2n) is 8.41. The van der Waals surface area contributed by atoms with Gasteiger partial charge in [-0.1, -0.05) is 6.07 Å². The molecule has 1 N–H and O–H groups in total. The summed E-state index contributed by atoms with van der Waals surface area (Å²) >= 11 is 0. The van der Waals surface area contributed by atoms with E-state index in [1.54, 1.807) is 22.7 Å². The maximum absolute atomic E-state index is 13.2. The second kappa shape index (κ2) is 8.53. The van der Waals surface area contributed by atoms with E-state index in [0.717, 1.165) is 22.6 Å². The average molecular weight is 421 g/mol. The van der Waals surface area contributed by atoms with Crippen molar-refractivity contribution in [3.8, 4) is 11.4 Å². The van der Waals surface area contributed by atoms with Gasteiger partial charge in [-0.15, -0.1) is 0 Å². The summed E-state index contributed by atoms with van der Waals surface area (Å²) in [5.41, 5.74) is 2.23. The van der Waals surface area contributed by atoms with Crippen molar-refractivity contribution < 1.29 is 14.6 Å². The van der Waals surface area contributed by atoms with Crippen molar-refractivity contribution in [1.29, 1.82) is 0 Å². The van der Waals surface area contributed by atoms with E-state index < -0.39 is 5.60 Å². The lowest BCUT2D eigenvalue weighted by molar-refractivity contribution is 0.0299. The Morgan fingerprint density at radius 1 is 1.23 bits per heavy atom. The third kappa shape index (κ3) is 4.62. The molecule has 7 heteroatoms. The summed E-state index contributed by atoms with van der Waals surface area (Å²) in [4.78, 5) is 16.9. The zero-order chi connectivity index (χ0) is 22.0. The van der Waals surface area contributed by atoms with Crippen molar-refractivity contribution in [1.82, 2.24) is 19.6 Å². The lowest BCUT2D eigenvalue weighted by atomic mass is 9.93. The van der Waals surface area contributed by atoms with Gasteiger partial charge in [0.1, 0.15) is 12.4 Å². The molecule has 3 aromatic rings. The minimum atomic E-state index is -0.998. The molecule has 2 aromatic carbocycles. The van der Waals surface area contributed by atoms with Gasteiger partial charge in [-0.05, 0) is 69.0 Å². The van der Waals surface area contributed by atoms with E-state index in [9.17, 15) is 9.90 Å². The van der Waals surface area contributed by atoms with E-state index in [1.165, 1.54) is 0 Å². The number of aliphatic hydroxyl groups is 1. The number of rotatable bonds is 5. The van der Waals surface area contributed by atoms with Gasteiger partial charge in [0.25, 0.3) is 5.91 Å². The van der Waals surface area contributed by atoms with Gasteiger partial charge in [-0.25, -0.2) is 4.68 Å². The molecule has 0 spiro atoms. The summed E-state index contributed by atoms with van der Waals surface area (Å²) in [6.07, 6.45) is 3.58. The first-order valence-corrected chi connectivity index (χ1v) is 10.4. The summed E-state index contributed by atoms with van der Waals surface area (Å²) in [7, 11) is 3.86. The van der Waals surface area contributed by atoms with Crippen LogP contribution in [-0.2, 0) is 12.1 Å². The summed E-state index contributed by atoms with van der Waals surface area (Å²) < 4.78 is 7.64. The molecule has 4 rings (SSSR count). The lowest BCUT2D eigenvalue weighted by Crippen LogP contribution is -2.35. The molecule has 1 amide bonds. The monoisotopic (exact) mass is 420 g/mol. The Balaban J connectivity index is 1.55. The van der Waals surface area contributed by atoms with Gasteiger partial charge in [0.05, 0.1) is 17.8 Å². The smallest absolute Gasteiger partial charge is 0.254 e. The third-order valence-corrected chi connectivity index (χ3v) is 5.46. The van der Waals surface area contributed by atoms with Crippen molar-refractivity contribution in [2.45, 2.75) is 19.1 Å². The minimum absolute atomic E-state index is 0.0473. The Morgan fingerprint density at radius 2 is 2.00 bits per heavy atom. The molecule has 31 heavy (non-hydrogen) atoms. The second-order valence-corrected chi connectivity index (χ2v) is 8.41. The first-order chi connectivity index (χ1) is 14.8. The van der Waals surface area contributed by atoms with Crippen molar-refractivity contribution in [2.75, 3.05) is 33.8 Å². The van der Waals surface area contributed by atoms with Gasteiger partial charge in [0.15, 0.2) is 0 Å². The quantitative estimate of drug-likeness (QED) is 0.687. The molecule has 0 aliphatic carbocycles. The Labute approximate surface area is 182 Å². The molecule has 1 aliphatic rings. The molecule has 0 bridgehead atoms. The van der Waals surface area contributed by atoms with Crippen LogP contribution in [0.4, 0.5) is 0 Å². The predicted octanol–water partition coefficient (Wildman–Crippen LogP) is 2.68. The first kappa shape index (κ1) is 21.1. The van der Waals surface area contributed by atoms with Crippen LogP contribution in [0.3, 0.4) is 0 Å². The third-order valence-electron chi connectivity index (χ3n) is 5.46. The normalized spacial score (nSPS) is 15.7. The standard InChI is InChI=1S/C24H28N4O3/c1-24(30,17-26(2)3)20-7-10-22-19(15-20)16-27(13-14-31-22)23(29)18-5-8-21(9-6-18)28-12-4-11-25-28/h4-12,15,30H,13-14,16-17H2,1-3H3. The van der Waals surface area contributed by atoms with Gasteiger partial charge >= 0.3 is 0 Å². The van der Waals surface area contributed by atoms with E-state index in [-0.39, 0.29) is 5.91 Å². The van der Waals surface area contributed by atoms with Gasteiger partial charge in [-0.3, -0.25) is 4.79 Å². The van der Waals surface area contributed by atoms with Crippen LogP contribution in [-0.4, -0.2) is 64.4 Å². The number of hydrogen-bond donors (Lipinski definition) is 1. The number of carbonyl (C=O) groups excluding carboxylic acids is 1. The maximum Gasteiger partial charge on any atom is 0.254 e. The average Bonchev–Trinajstić information content (AvgIpc) is 3.19. The summed E-state index contributed by atoms with van der Waals surface area (Å²) in [5.74, 6) is 0.711.